The number of nitrogens with zero attached hydrogens (tertiary/aromatic N) is 1. The molecule has 0 unspecified atom stereocenters. The highest BCUT2D eigenvalue weighted by molar-refractivity contribution is 6.01. The number of amides is 1. The molecule has 0 heterocycles. The molecule has 1 N–H and O–H groups in total. The van der Waals surface area contributed by atoms with Gasteiger partial charge in [0.1, 0.15) is 11.6 Å². The molecule has 0 aliphatic carbocycles. The average Bonchev–Trinajstić information content (AvgIpc) is 2.44. The third-order valence-electron chi connectivity index (χ3n) is 2.45. The summed E-state index contributed by atoms with van der Waals surface area (Å²) in [6, 6.07) is 7.10. The zero-order valence-electron chi connectivity index (χ0n) is 12.1. The highest BCUT2D eigenvalue weighted by Crippen LogP contribution is 2.29. The number of hydrogen-bond acceptors (Lipinski definition) is 4. The lowest BCUT2D eigenvalue weighted by molar-refractivity contribution is -0.116. The first kappa shape index (κ1) is 15.6. The molecule has 0 bridgehead atoms. The summed E-state index contributed by atoms with van der Waals surface area (Å²) in [6.07, 6.45) is 1.53. The second-order valence-corrected chi connectivity index (χ2v) is 4.33. The molecule has 1 amide bonds. The summed E-state index contributed by atoms with van der Waals surface area (Å²) >= 11 is 0. The van der Waals surface area contributed by atoms with Gasteiger partial charge in [0.05, 0.1) is 13.2 Å². The lowest BCUT2D eigenvalue weighted by atomic mass is 10.1. The Morgan fingerprint density at radius 3 is 2.60 bits per heavy atom. The minimum atomic E-state index is -0.422. The molecule has 0 saturated carbocycles. The van der Waals surface area contributed by atoms with Crippen molar-refractivity contribution in [2.75, 3.05) is 14.2 Å². The lowest BCUT2D eigenvalue weighted by Crippen LogP contribution is -2.19. The van der Waals surface area contributed by atoms with Crippen molar-refractivity contribution < 1.29 is 14.3 Å². The zero-order valence-corrected chi connectivity index (χ0v) is 12.1. The van der Waals surface area contributed by atoms with Crippen LogP contribution in [0.3, 0.4) is 0 Å². The number of hydrogen-bond donors (Lipinski definition) is 1. The van der Waals surface area contributed by atoms with Gasteiger partial charge in [-0.2, -0.15) is 5.26 Å². The molecular weight excluding hydrogens is 256 g/mol. The van der Waals surface area contributed by atoms with E-state index in [0.29, 0.717) is 17.1 Å². The van der Waals surface area contributed by atoms with Gasteiger partial charge in [0.15, 0.2) is 11.5 Å². The molecule has 0 saturated heterocycles. The van der Waals surface area contributed by atoms with Crippen LogP contribution in [0.25, 0.3) is 6.08 Å². The van der Waals surface area contributed by atoms with Crippen molar-refractivity contribution in [2.24, 2.45) is 0 Å². The molecule has 0 spiro atoms. The third kappa shape index (κ3) is 4.02. The summed E-state index contributed by atoms with van der Waals surface area (Å²) < 4.78 is 10.9. The Morgan fingerprint density at radius 2 is 2.10 bits per heavy atom. The van der Waals surface area contributed by atoms with Gasteiger partial charge in [-0.1, -0.05) is 6.07 Å². The van der Waals surface area contributed by atoms with Gasteiger partial charge in [0.2, 0.25) is 0 Å². The molecule has 5 heteroatoms. The van der Waals surface area contributed by atoms with Crippen molar-refractivity contribution in [2.45, 2.75) is 20.0 Å². The molecule has 0 aliphatic rings. The predicted molar refractivity (Wildman–Crippen MR) is 76.4 cm³/mol. The summed E-state index contributed by atoms with van der Waals surface area (Å²) in [6.45, 7) is 3.85. The quantitative estimate of drug-likeness (QED) is 0.659. The lowest BCUT2D eigenvalue weighted by Gasteiger charge is -2.13. The third-order valence-corrected chi connectivity index (χ3v) is 2.45. The fourth-order valence-electron chi connectivity index (χ4n) is 1.58. The van der Waals surface area contributed by atoms with E-state index >= 15 is 0 Å². The number of rotatable bonds is 5. The summed E-state index contributed by atoms with van der Waals surface area (Å²) in [5, 5.41) is 11.4. The minimum Gasteiger partial charge on any atom is -0.493 e. The number of methoxy groups -OCH3 is 1. The van der Waals surface area contributed by atoms with Crippen LogP contribution in [-0.2, 0) is 4.79 Å². The molecule has 1 aromatic rings. The highest BCUT2D eigenvalue weighted by atomic mass is 16.5. The average molecular weight is 274 g/mol. The van der Waals surface area contributed by atoms with Crippen LogP contribution in [0, 0.1) is 11.3 Å². The second kappa shape index (κ2) is 7.19. The molecule has 1 aromatic carbocycles. The summed E-state index contributed by atoms with van der Waals surface area (Å²) in [5.41, 5.74) is 0.727. The van der Waals surface area contributed by atoms with Gasteiger partial charge in [0, 0.05) is 7.05 Å². The molecule has 20 heavy (non-hydrogen) atoms. The van der Waals surface area contributed by atoms with Crippen LogP contribution < -0.4 is 14.8 Å². The molecule has 0 radical (unpaired) electrons. The van der Waals surface area contributed by atoms with E-state index in [0.717, 1.165) is 0 Å². The van der Waals surface area contributed by atoms with E-state index in [1.807, 2.05) is 19.9 Å². The Bertz CT molecular complexity index is 557. The standard InChI is InChI=1S/C15H18N2O3/c1-10(2)20-13-6-5-11(8-14(13)19-4)7-12(9-16)15(18)17-3/h5-8,10H,1-4H3,(H,17,18)/b12-7-. The topological polar surface area (TPSA) is 71.4 Å². The van der Waals surface area contributed by atoms with Gasteiger partial charge in [-0.15, -0.1) is 0 Å². The Labute approximate surface area is 118 Å². The number of nitriles is 1. The molecule has 0 aromatic heterocycles. The van der Waals surface area contributed by atoms with E-state index in [1.54, 1.807) is 25.3 Å². The van der Waals surface area contributed by atoms with Crippen LogP contribution in [0.1, 0.15) is 19.4 Å². The molecule has 5 nitrogen and oxygen atoms in total. The predicted octanol–water partition coefficient (Wildman–Crippen LogP) is 2.14. The normalized spacial score (nSPS) is 10.9. The fourth-order valence-corrected chi connectivity index (χ4v) is 1.58. The van der Waals surface area contributed by atoms with Crippen molar-refractivity contribution in [3.8, 4) is 17.6 Å². The van der Waals surface area contributed by atoms with Gasteiger partial charge in [0.25, 0.3) is 5.91 Å². The van der Waals surface area contributed by atoms with E-state index in [1.165, 1.54) is 13.1 Å². The molecule has 0 atom stereocenters. The van der Waals surface area contributed by atoms with Crippen LogP contribution >= 0.6 is 0 Å². The van der Waals surface area contributed by atoms with Gasteiger partial charge in [-0.25, -0.2) is 0 Å². The van der Waals surface area contributed by atoms with Crippen LogP contribution in [0.4, 0.5) is 0 Å². The number of carbonyl (C=O) groups is 1. The van der Waals surface area contributed by atoms with Crippen molar-refractivity contribution in [3.63, 3.8) is 0 Å². The monoisotopic (exact) mass is 274 g/mol. The Kier molecular flexibility index (Phi) is 5.60. The van der Waals surface area contributed by atoms with Gasteiger partial charge >= 0.3 is 0 Å². The maximum atomic E-state index is 11.5. The summed E-state index contributed by atoms with van der Waals surface area (Å²) in [4.78, 5) is 11.5. The molecule has 1 rings (SSSR count). The zero-order chi connectivity index (χ0) is 15.1. The largest absolute Gasteiger partial charge is 0.493 e. The molecule has 106 valence electrons. The van der Waals surface area contributed by atoms with E-state index in [9.17, 15) is 4.79 Å². The van der Waals surface area contributed by atoms with Gasteiger partial charge in [-0.3, -0.25) is 4.79 Å². The van der Waals surface area contributed by atoms with Crippen molar-refractivity contribution in [3.05, 3.63) is 29.3 Å². The van der Waals surface area contributed by atoms with Crippen molar-refractivity contribution >= 4 is 12.0 Å². The van der Waals surface area contributed by atoms with E-state index in [2.05, 4.69) is 5.32 Å². The smallest absolute Gasteiger partial charge is 0.261 e. The number of carbonyl (C=O) groups excluding carboxylic acids is 1. The van der Waals surface area contributed by atoms with Crippen LogP contribution in [0.2, 0.25) is 0 Å². The van der Waals surface area contributed by atoms with Crippen LogP contribution in [-0.4, -0.2) is 26.2 Å². The Morgan fingerprint density at radius 1 is 1.40 bits per heavy atom. The Balaban J connectivity index is 3.13. The molecular formula is C15H18N2O3. The maximum Gasteiger partial charge on any atom is 0.261 e. The fraction of sp³-hybridized carbons (Fsp3) is 0.333. The number of benzene rings is 1. The minimum absolute atomic E-state index is 0.0332. The number of likely N-dealkylation sites (N-methyl/N-ethyl adjacent to an activating group) is 1. The first-order valence-electron chi connectivity index (χ1n) is 6.20. The van der Waals surface area contributed by atoms with Crippen LogP contribution in [0.5, 0.6) is 11.5 Å². The van der Waals surface area contributed by atoms with E-state index in [4.69, 9.17) is 14.7 Å². The summed E-state index contributed by atoms with van der Waals surface area (Å²) in [7, 11) is 3.02. The van der Waals surface area contributed by atoms with Crippen molar-refractivity contribution in [1.29, 1.82) is 5.26 Å². The highest BCUT2D eigenvalue weighted by Gasteiger charge is 2.09. The van der Waals surface area contributed by atoms with Gasteiger partial charge < -0.3 is 14.8 Å². The van der Waals surface area contributed by atoms with Crippen molar-refractivity contribution in [1.82, 2.24) is 5.32 Å². The number of ether oxygens (including phenoxy) is 2. The summed E-state index contributed by atoms with van der Waals surface area (Å²) in [5.74, 6) is 0.758. The van der Waals surface area contributed by atoms with Gasteiger partial charge in [-0.05, 0) is 37.6 Å². The van der Waals surface area contributed by atoms with E-state index < -0.39 is 5.91 Å². The molecule has 0 aliphatic heterocycles. The molecule has 0 fully saturated rings. The maximum absolute atomic E-state index is 11.5. The SMILES string of the molecule is CNC(=O)/C(C#N)=C\c1ccc(OC(C)C)c(OC)c1. The first-order chi connectivity index (χ1) is 9.51. The Hall–Kier alpha value is -2.48. The number of nitrogens with one attached hydrogen (secondary N) is 1. The van der Waals surface area contributed by atoms with Crippen LogP contribution in [0.15, 0.2) is 23.8 Å². The van der Waals surface area contributed by atoms with E-state index in [-0.39, 0.29) is 11.7 Å². The second-order valence-electron chi connectivity index (χ2n) is 4.33. The first-order valence-corrected chi connectivity index (χ1v) is 6.20.